The lowest BCUT2D eigenvalue weighted by Gasteiger charge is -2.34. The van der Waals surface area contributed by atoms with Crippen molar-refractivity contribution >= 4 is 28.9 Å². The summed E-state index contributed by atoms with van der Waals surface area (Å²) in [5, 5.41) is 11.2. The molecular formula is C18H16ClN3O2. The first-order chi connectivity index (χ1) is 11.6. The molecule has 2 heterocycles. The van der Waals surface area contributed by atoms with Gasteiger partial charge >= 0.3 is 0 Å². The van der Waals surface area contributed by atoms with E-state index in [0.29, 0.717) is 11.6 Å². The number of hydrogen-bond donors (Lipinski definition) is 2. The topological polar surface area (TPSA) is 71.5 Å². The van der Waals surface area contributed by atoms with E-state index >= 15 is 0 Å². The Morgan fingerprint density at radius 3 is 2.67 bits per heavy atom. The van der Waals surface area contributed by atoms with Crippen LogP contribution in [-0.4, -0.2) is 27.6 Å². The van der Waals surface area contributed by atoms with Crippen molar-refractivity contribution in [2.24, 2.45) is 0 Å². The van der Waals surface area contributed by atoms with Crippen LogP contribution in [0.3, 0.4) is 0 Å². The quantitative estimate of drug-likeness (QED) is 0.556. The molecule has 4 rings (SSSR count). The van der Waals surface area contributed by atoms with E-state index < -0.39 is 0 Å². The number of fused-ring (bicyclic) bond motifs is 3. The zero-order valence-electron chi connectivity index (χ0n) is 12.8. The van der Waals surface area contributed by atoms with Gasteiger partial charge in [-0.15, -0.1) is 0 Å². The van der Waals surface area contributed by atoms with Crippen LogP contribution in [0.2, 0.25) is 5.02 Å². The number of aromatic nitrogens is 1. The minimum absolute atomic E-state index is 0.188. The number of carbonyl (C=O) groups excluding carboxylic acids is 1. The molecule has 3 aromatic rings. The first-order valence-electron chi connectivity index (χ1n) is 7.68. The minimum atomic E-state index is -0.289. The summed E-state index contributed by atoms with van der Waals surface area (Å²) in [5.74, 6) is 6.55. The van der Waals surface area contributed by atoms with Crippen LogP contribution < -0.4 is 5.84 Å². The molecule has 1 amide bonds. The van der Waals surface area contributed by atoms with Gasteiger partial charge in [-0.2, -0.15) is 0 Å². The summed E-state index contributed by atoms with van der Waals surface area (Å²) in [6.45, 7) is 0.605. The van der Waals surface area contributed by atoms with Crippen molar-refractivity contribution in [2.75, 3.05) is 12.4 Å². The summed E-state index contributed by atoms with van der Waals surface area (Å²) in [4.78, 5) is 13.3. The van der Waals surface area contributed by atoms with E-state index in [-0.39, 0.29) is 11.8 Å². The standard InChI is InChI=1S/C18H16ClN3O2/c19-12-3-6-16-15(9-12)14-7-8-21(10-23)17(18(14)22(16)20)11-1-4-13(24)5-2-11/h1-6,9-10,17,24H,7-8,20H2. The van der Waals surface area contributed by atoms with Crippen molar-refractivity contribution in [3.63, 3.8) is 0 Å². The van der Waals surface area contributed by atoms with Crippen LogP contribution in [0.15, 0.2) is 42.5 Å². The Morgan fingerprint density at radius 2 is 1.96 bits per heavy atom. The Hall–Kier alpha value is -2.66. The van der Waals surface area contributed by atoms with Gasteiger partial charge < -0.3 is 15.8 Å². The number of amides is 1. The van der Waals surface area contributed by atoms with E-state index in [2.05, 4.69) is 0 Å². The summed E-state index contributed by atoms with van der Waals surface area (Å²) >= 11 is 6.15. The van der Waals surface area contributed by atoms with E-state index in [0.717, 1.165) is 40.6 Å². The molecule has 0 aliphatic carbocycles. The van der Waals surface area contributed by atoms with Crippen molar-refractivity contribution < 1.29 is 9.90 Å². The highest BCUT2D eigenvalue weighted by Crippen LogP contribution is 2.39. The number of nitrogens with two attached hydrogens (primary N) is 1. The fraction of sp³-hybridized carbons (Fsp3) is 0.167. The van der Waals surface area contributed by atoms with Gasteiger partial charge in [0, 0.05) is 17.0 Å². The average molecular weight is 342 g/mol. The highest BCUT2D eigenvalue weighted by Gasteiger charge is 2.33. The molecule has 0 fully saturated rings. The van der Waals surface area contributed by atoms with Crippen molar-refractivity contribution in [3.05, 3.63) is 64.3 Å². The van der Waals surface area contributed by atoms with Crippen LogP contribution in [0.25, 0.3) is 10.9 Å². The van der Waals surface area contributed by atoms with Crippen LogP contribution in [0.5, 0.6) is 5.75 Å². The van der Waals surface area contributed by atoms with E-state index in [1.54, 1.807) is 21.7 Å². The van der Waals surface area contributed by atoms with Gasteiger partial charge in [-0.3, -0.25) is 9.47 Å². The molecule has 6 heteroatoms. The number of phenolic OH excluding ortho intramolecular Hbond substituents is 1. The van der Waals surface area contributed by atoms with Gasteiger partial charge in [-0.05, 0) is 47.9 Å². The number of aromatic hydroxyl groups is 1. The lowest BCUT2D eigenvalue weighted by atomic mass is 9.93. The Balaban J connectivity index is 1.98. The molecule has 1 unspecified atom stereocenters. The number of nitrogen functional groups attached to an aromatic ring is 1. The van der Waals surface area contributed by atoms with Gasteiger partial charge in [-0.25, -0.2) is 0 Å². The van der Waals surface area contributed by atoms with Crippen LogP contribution in [0.1, 0.15) is 22.9 Å². The lowest BCUT2D eigenvalue weighted by Crippen LogP contribution is -2.37. The Bertz CT molecular complexity index is 934. The van der Waals surface area contributed by atoms with E-state index in [1.165, 1.54) is 0 Å². The monoisotopic (exact) mass is 341 g/mol. The van der Waals surface area contributed by atoms with Crippen molar-refractivity contribution in [1.82, 2.24) is 9.58 Å². The minimum Gasteiger partial charge on any atom is -0.508 e. The Labute approximate surface area is 143 Å². The predicted molar refractivity (Wildman–Crippen MR) is 93.5 cm³/mol. The van der Waals surface area contributed by atoms with Gasteiger partial charge in [-0.1, -0.05) is 23.7 Å². The highest BCUT2D eigenvalue weighted by molar-refractivity contribution is 6.31. The van der Waals surface area contributed by atoms with Gasteiger partial charge in [0.25, 0.3) is 0 Å². The maximum absolute atomic E-state index is 11.6. The second kappa shape index (κ2) is 5.46. The number of nitrogens with zero attached hydrogens (tertiary/aromatic N) is 2. The molecule has 0 bridgehead atoms. The highest BCUT2D eigenvalue weighted by atomic mass is 35.5. The first-order valence-corrected chi connectivity index (χ1v) is 8.05. The van der Waals surface area contributed by atoms with Gasteiger partial charge in [0.15, 0.2) is 0 Å². The molecule has 0 radical (unpaired) electrons. The number of benzene rings is 2. The predicted octanol–water partition coefficient (Wildman–Crippen LogP) is 2.82. The third kappa shape index (κ3) is 2.12. The maximum atomic E-state index is 11.6. The number of halogens is 1. The first kappa shape index (κ1) is 14.9. The molecule has 0 saturated heterocycles. The van der Waals surface area contributed by atoms with Crippen molar-refractivity contribution in [1.29, 1.82) is 0 Å². The van der Waals surface area contributed by atoms with Gasteiger partial charge in [0.1, 0.15) is 5.75 Å². The lowest BCUT2D eigenvalue weighted by molar-refractivity contribution is -0.120. The fourth-order valence-corrected chi connectivity index (χ4v) is 3.75. The fourth-order valence-electron chi connectivity index (χ4n) is 3.58. The summed E-state index contributed by atoms with van der Waals surface area (Å²) in [6, 6.07) is 12.2. The molecule has 122 valence electrons. The zero-order chi connectivity index (χ0) is 16.8. The molecule has 3 N–H and O–H groups in total. The number of rotatable bonds is 2. The molecule has 1 aromatic heterocycles. The third-order valence-electron chi connectivity index (χ3n) is 4.67. The summed E-state index contributed by atoms with van der Waals surface area (Å²) in [7, 11) is 0. The summed E-state index contributed by atoms with van der Waals surface area (Å²) in [5.41, 5.74) is 3.80. The second-order valence-corrected chi connectivity index (χ2v) is 6.42. The molecule has 0 spiro atoms. The zero-order valence-corrected chi connectivity index (χ0v) is 13.6. The van der Waals surface area contributed by atoms with Crippen LogP contribution in [-0.2, 0) is 11.2 Å². The molecule has 1 aliphatic rings. The number of hydrogen-bond acceptors (Lipinski definition) is 3. The number of carbonyl (C=O) groups is 1. The van der Waals surface area contributed by atoms with Gasteiger partial charge in [0.2, 0.25) is 6.41 Å². The smallest absolute Gasteiger partial charge is 0.210 e. The van der Waals surface area contributed by atoms with Gasteiger partial charge in [0.05, 0.1) is 17.3 Å². The molecule has 2 aromatic carbocycles. The SMILES string of the molecule is Nn1c2c(c3cc(Cl)ccc31)CCN(C=O)C2c1ccc(O)cc1. The van der Waals surface area contributed by atoms with Crippen molar-refractivity contribution in [3.8, 4) is 5.75 Å². The van der Waals surface area contributed by atoms with Crippen LogP contribution >= 0.6 is 11.6 Å². The molecular weight excluding hydrogens is 326 g/mol. The molecule has 24 heavy (non-hydrogen) atoms. The number of phenols is 1. The van der Waals surface area contributed by atoms with E-state index in [9.17, 15) is 9.90 Å². The maximum Gasteiger partial charge on any atom is 0.210 e. The summed E-state index contributed by atoms with van der Waals surface area (Å²) in [6.07, 6.45) is 1.58. The normalized spacial score (nSPS) is 17.0. The molecule has 1 atom stereocenters. The van der Waals surface area contributed by atoms with Crippen LogP contribution in [0, 0.1) is 0 Å². The third-order valence-corrected chi connectivity index (χ3v) is 4.90. The molecule has 1 aliphatic heterocycles. The molecule has 0 saturated carbocycles. The van der Waals surface area contributed by atoms with Crippen LogP contribution in [0.4, 0.5) is 0 Å². The Kier molecular flexibility index (Phi) is 3.39. The van der Waals surface area contributed by atoms with E-state index in [1.807, 2.05) is 30.3 Å². The average Bonchev–Trinajstić information content (AvgIpc) is 2.87. The van der Waals surface area contributed by atoms with E-state index in [4.69, 9.17) is 17.4 Å². The Morgan fingerprint density at radius 1 is 1.21 bits per heavy atom. The summed E-state index contributed by atoms with van der Waals surface area (Å²) < 4.78 is 1.65. The largest absolute Gasteiger partial charge is 0.508 e. The molecule has 5 nitrogen and oxygen atoms in total. The second-order valence-electron chi connectivity index (χ2n) is 5.98. The van der Waals surface area contributed by atoms with Crippen molar-refractivity contribution in [2.45, 2.75) is 12.5 Å².